The molecular formula is C20H26N4O2. The standard InChI is InChI=1S/C20H26N4O2/c1-5-16(19-12(2)23-24(4)13(19)3)22-20(26)15-9-10-17-14(11-15)7-6-8-18(25)21-17/h9-11,16H,5-8H2,1-4H3,(H,21,25)(H,22,26). The molecule has 0 aliphatic carbocycles. The molecule has 1 aromatic heterocycles. The second kappa shape index (κ2) is 7.32. The number of carbonyl (C=O) groups excluding carboxylic acids is 2. The lowest BCUT2D eigenvalue weighted by atomic mass is 10.0. The summed E-state index contributed by atoms with van der Waals surface area (Å²) in [5.74, 6) is -0.0626. The van der Waals surface area contributed by atoms with E-state index in [0.29, 0.717) is 12.0 Å². The minimum Gasteiger partial charge on any atom is -0.345 e. The minimum absolute atomic E-state index is 0.0366. The van der Waals surface area contributed by atoms with Crippen molar-refractivity contribution in [2.24, 2.45) is 7.05 Å². The third-order valence-corrected chi connectivity index (χ3v) is 5.12. The van der Waals surface area contributed by atoms with Crippen molar-refractivity contribution in [2.75, 3.05) is 5.32 Å². The molecule has 0 saturated heterocycles. The number of anilines is 1. The minimum atomic E-state index is -0.0992. The van der Waals surface area contributed by atoms with Gasteiger partial charge in [0, 0.05) is 36.0 Å². The number of carbonyl (C=O) groups is 2. The molecule has 0 fully saturated rings. The van der Waals surface area contributed by atoms with E-state index in [0.717, 1.165) is 47.5 Å². The number of hydrogen-bond acceptors (Lipinski definition) is 3. The fraction of sp³-hybridized carbons (Fsp3) is 0.450. The molecule has 0 radical (unpaired) electrons. The Balaban J connectivity index is 1.83. The van der Waals surface area contributed by atoms with Gasteiger partial charge in [0.05, 0.1) is 11.7 Å². The van der Waals surface area contributed by atoms with Gasteiger partial charge in [-0.1, -0.05) is 6.92 Å². The molecule has 1 unspecified atom stereocenters. The zero-order valence-electron chi connectivity index (χ0n) is 15.8. The fourth-order valence-corrected chi connectivity index (χ4v) is 3.63. The maximum Gasteiger partial charge on any atom is 0.251 e. The van der Waals surface area contributed by atoms with Gasteiger partial charge in [0.15, 0.2) is 0 Å². The van der Waals surface area contributed by atoms with E-state index in [-0.39, 0.29) is 17.9 Å². The molecule has 1 aliphatic rings. The highest BCUT2D eigenvalue weighted by Gasteiger charge is 2.22. The van der Waals surface area contributed by atoms with Crippen molar-refractivity contribution in [1.82, 2.24) is 15.1 Å². The Hall–Kier alpha value is -2.63. The quantitative estimate of drug-likeness (QED) is 0.885. The second-order valence-corrected chi connectivity index (χ2v) is 6.92. The summed E-state index contributed by atoms with van der Waals surface area (Å²) in [4.78, 5) is 24.5. The number of nitrogens with zero attached hydrogens (tertiary/aromatic N) is 2. The number of rotatable bonds is 4. The van der Waals surface area contributed by atoms with E-state index in [1.54, 1.807) is 6.07 Å². The van der Waals surface area contributed by atoms with Crippen LogP contribution in [-0.2, 0) is 18.3 Å². The maximum atomic E-state index is 12.8. The Labute approximate surface area is 154 Å². The van der Waals surface area contributed by atoms with E-state index in [1.165, 1.54) is 0 Å². The summed E-state index contributed by atoms with van der Waals surface area (Å²) in [5.41, 5.74) is 5.56. The van der Waals surface area contributed by atoms with Crippen LogP contribution in [0, 0.1) is 13.8 Å². The van der Waals surface area contributed by atoms with Gasteiger partial charge in [0.1, 0.15) is 0 Å². The van der Waals surface area contributed by atoms with Crippen molar-refractivity contribution in [1.29, 1.82) is 0 Å². The Bertz CT molecular complexity index is 854. The molecule has 1 aromatic carbocycles. The zero-order chi connectivity index (χ0) is 18.8. The number of amides is 2. The van der Waals surface area contributed by atoms with Crippen LogP contribution in [0.1, 0.15) is 65.1 Å². The second-order valence-electron chi connectivity index (χ2n) is 6.92. The normalized spacial score (nSPS) is 15.0. The van der Waals surface area contributed by atoms with Crippen LogP contribution < -0.4 is 10.6 Å². The number of hydrogen-bond donors (Lipinski definition) is 2. The third kappa shape index (κ3) is 3.49. The molecule has 2 aromatic rings. The first kappa shape index (κ1) is 18.2. The molecule has 1 atom stereocenters. The Morgan fingerprint density at radius 1 is 1.35 bits per heavy atom. The maximum absolute atomic E-state index is 12.8. The monoisotopic (exact) mass is 354 g/mol. The van der Waals surface area contributed by atoms with Gasteiger partial charge in [-0.2, -0.15) is 5.10 Å². The number of aryl methyl sites for hydroxylation is 3. The molecule has 1 aliphatic heterocycles. The van der Waals surface area contributed by atoms with Crippen LogP contribution in [-0.4, -0.2) is 21.6 Å². The SMILES string of the molecule is CCC(NC(=O)c1ccc2c(c1)CCCC(=O)N2)c1c(C)nn(C)c1C. The summed E-state index contributed by atoms with van der Waals surface area (Å²) in [6.07, 6.45) is 2.91. The molecule has 3 rings (SSSR count). The molecule has 2 N–H and O–H groups in total. The van der Waals surface area contributed by atoms with Gasteiger partial charge in [-0.25, -0.2) is 0 Å². The van der Waals surface area contributed by atoms with Gasteiger partial charge in [0.25, 0.3) is 5.91 Å². The summed E-state index contributed by atoms with van der Waals surface area (Å²) < 4.78 is 1.85. The van der Waals surface area contributed by atoms with Crippen LogP contribution in [0.25, 0.3) is 0 Å². The Morgan fingerprint density at radius 2 is 2.12 bits per heavy atom. The lowest BCUT2D eigenvalue weighted by Crippen LogP contribution is -2.29. The number of nitrogens with one attached hydrogen (secondary N) is 2. The lowest BCUT2D eigenvalue weighted by molar-refractivity contribution is -0.116. The molecule has 2 heterocycles. The summed E-state index contributed by atoms with van der Waals surface area (Å²) in [7, 11) is 1.92. The van der Waals surface area contributed by atoms with E-state index in [2.05, 4.69) is 22.7 Å². The van der Waals surface area contributed by atoms with Gasteiger partial charge in [0.2, 0.25) is 5.91 Å². The van der Waals surface area contributed by atoms with Crippen molar-refractivity contribution < 1.29 is 9.59 Å². The first-order chi connectivity index (χ1) is 12.4. The zero-order valence-corrected chi connectivity index (χ0v) is 15.8. The van der Waals surface area contributed by atoms with E-state index >= 15 is 0 Å². The molecule has 138 valence electrons. The highest BCUT2D eigenvalue weighted by molar-refractivity contribution is 5.97. The van der Waals surface area contributed by atoms with Gasteiger partial charge >= 0.3 is 0 Å². The van der Waals surface area contributed by atoms with E-state index in [4.69, 9.17) is 0 Å². The highest BCUT2D eigenvalue weighted by atomic mass is 16.2. The average molecular weight is 354 g/mol. The van der Waals surface area contributed by atoms with Crippen molar-refractivity contribution >= 4 is 17.5 Å². The Kier molecular flexibility index (Phi) is 5.11. The van der Waals surface area contributed by atoms with Crippen molar-refractivity contribution in [3.63, 3.8) is 0 Å². The van der Waals surface area contributed by atoms with Crippen LogP contribution in [0.5, 0.6) is 0 Å². The smallest absolute Gasteiger partial charge is 0.251 e. The Morgan fingerprint density at radius 3 is 2.77 bits per heavy atom. The lowest BCUT2D eigenvalue weighted by Gasteiger charge is -2.18. The molecule has 26 heavy (non-hydrogen) atoms. The summed E-state index contributed by atoms with van der Waals surface area (Å²) in [5, 5.41) is 10.5. The average Bonchev–Trinajstić information content (AvgIpc) is 2.76. The van der Waals surface area contributed by atoms with Gasteiger partial charge in [-0.3, -0.25) is 14.3 Å². The molecule has 0 spiro atoms. The summed E-state index contributed by atoms with van der Waals surface area (Å²) >= 11 is 0. The van der Waals surface area contributed by atoms with E-state index in [9.17, 15) is 9.59 Å². The summed E-state index contributed by atoms with van der Waals surface area (Å²) in [6, 6.07) is 5.42. The molecule has 6 heteroatoms. The molecule has 2 amide bonds. The highest BCUT2D eigenvalue weighted by Crippen LogP contribution is 2.26. The summed E-state index contributed by atoms with van der Waals surface area (Å²) in [6.45, 7) is 6.06. The molecule has 0 saturated carbocycles. The van der Waals surface area contributed by atoms with E-state index in [1.807, 2.05) is 37.7 Å². The predicted octanol–water partition coefficient (Wildman–Crippen LogP) is 3.19. The number of fused-ring (bicyclic) bond motifs is 1. The number of aromatic nitrogens is 2. The van der Waals surface area contributed by atoms with Crippen LogP contribution in [0.4, 0.5) is 5.69 Å². The molecule has 0 bridgehead atoms. The van der Waals surface area contributed by atoms with Gasteiger partial charge in [-0.15, -0.1) is 0 Å². The molecule has 6 nitrogen and oxygen atoms in total. The fourth-order valence-electron chi connectivity index (χ4n) is 3.63. The third-order valence-electron chi connectivity index (χ3n) is 5.12. The van der Waals surface area contributed by atoms with Gasteiger partial charge < -0.3 is 10.6 Å². The van der Waals surface area contributed by atoms with Crippen LogP contribution in [0.2, 0.25) is 0 Å². The first-order valence-corrected chi connectivity index (χ1v) is 9.14. The van der Waals surface area contributed by atoms with E-state index < -0.39 is 0 Å². The largest absolute Gasteiger partial charge is 0.345 e. The topological polar surface area (TPSA) is 76.0 Å². The van der Waals surface area contributed by atoms with Crippen molar-refractivity contribution in [3.05, 3.63) is 46.3 Å². The van der Waals surface area contributed by atoms with Crippen molar-refractivity contribution in [2.45, 2.75) is 52.5 Å². The van der Waals surface area contributed by atoms with Crippen LogP contribution >= 0.6 is 0 Å². The number of benzene rings is 1. The van der Waals surface area contributed by atoms with Gasteiger partial charge in [-0.05, 0) is 56.9 Å². The van der Waals surface area contributed by atoms with Crippen LogP contribution in [0.15, 0.2) is 18.2 Å². The molecular weight excluding hydrogens is 328 g/mol. The van der Waals surface area contributed by atoms with Crippen LogP contribution in [0.3, 0.4) is 0 Å². The first-order valence-electron chi connectivity index (χ1n) is 9.14. The van der Waals surface area contributed by atoms with Crippen molar-refractivity contribution in [3.8, 4) is 0 Å². The predicted molar refractivity (Wildman–Crippen MR) is 101 cm³/mol.